The molecule has 0 spiro atoms. The van der Waals surface area contributed by atoms with Crippen LogP contribution in [-0.2, 0) is 17.8 Å². The van der Waals surface area contributed by atoms with Gasteiger partial charge in [0, 0.05) is 18.5 Å². The van der Waals surface area contributed by atoms with Crippen molar-refractivity contribution in [1.82, 2.24) is 10.1 Å². The Balaban J connectivity index is 1.72. The van der Waals surface area contributed by atoms with Crippen LogP contribution in [0, 0.1) is 5.92 Å². The van der Waals surface area contributed by atoms with Gasteiger partial charge in [-0.3, -0.25) is 4.79 Å². The first-order valence-corrected chi connectivity index (χ1v) is 10.2. The molecule has 0 aliphatic carbocycles. The van der Waals surface area contributed by atoms with E-state index in [1.165, 1.54) is 0 Å². The number of aromatic nitrogens is 1. The number of hydrogen-bond donors (Lipinski definition) is 1. The minimum Gasteiger partial charge on any atom is -0.361 e. The van der Waals surface area contributed by atoms with Crippen molar-refractivity contribution in [1.29, 1.82) is 0 Å². The van der Waals surface area contributed by atoms with E-state index in [0.717, 1.165) is 28.1 Å². The van der Waals surface area contributed by atoms with Gasteiger partial charge < -0.3 is 15.2 Å². The van der Waals surface area contributed by atoms with Gasteiger partial charge in [0.1, 0.15) is 11.5 Å². The molecule has 5 nitrogen and oxygen atoms in total. The van der Waals surface area contributed by atoms with Crippen molar-refractivity contribution >= 4 is 5.91 Å². The van der Waals surface area contributed by atoms with Crippen molar-refractivity contribution in [2.24, 2.45) is 11.7 Å². The average Bonchev–Trinajstić information content (AvgIpc) is 3.17. The van der Waals surface area contributed by atoms with Gasteiger partial charge in [0.05, 0.1) is 18.5 Å². The van der Waals surface area contributed by atoms with Gasteiger partial charge in [-0.05, 0) is 17.0 Å². The fraction of sp³-hybridized carbons (Fsp3) is 0.333. The monoisotopic (exact) mass is 389 g/mol. The van der Waals surface area contributed by atoms with Gasteiger partial charge in [0.25, 0.3) is 0 Å². The Morgan fingerprint density at radius 3 is 2.17 bits per heavy atom. The molecular formula is C24H27N3O2. The molecule has 0 saturated carbocycles. The Morgan fingerprint density at radius 2 is 1.62 bits per heavy atom. The van der Waals surface area contributed by atoms with Crippen LogP contribution in [0.25, 0.3) is 0 Å². The van der Waals surface area contributed by atoms with Crippen LogP contribution < -0.4 is 5.73 Å². The van der Waals surface area contributed by atoms with Crippen LogP contribution in [0.2, 0.25) is 0 Å². The van der Waals surface area contributed by atoms with Gasteiger partial charge in [0.15, 0.2) is 0 Å². The van der Waals surface area contributed by atoms with Crippen molar-refractivity contribution in [3.63, 3.8) is 0 Å². The van der Waals surface area contributed by atoms with Crippen molar-refractivity contribution in [2.75, 3.05) is 6.54 Å². The highest BCUT2D eigenvalue weighted by molar-refractivity contribution is 5.82. The number of amides is 1. The van der Waals surface area contributed by atoms with Crippen LogP contribution in [0.1, 0.15) is 47.9 Å². The second-order valence-corrected chi connectivity index (χ2v) is 8.00. The van der Waals surface area contributed by atoms with Gasteiger partial charge in [-0.15, -0.1) is 0 Å². The molecule has 0 unspecified atom stereocenters. The molecule has 0 saturated heterocycles. The van der Waals surface area contributed by atoms with Crippen molar-refractivity contribution < 1.29 is 9.32 Å². The van der Waals surface area contributed by atoms with Crippen LogP contribution in [0.5, 0.6) is 0 Å². The maximum absolute atomic E-state index is 12.8. The molecule has 4 rings (SSSR count). The van der Waals surface area contributed by atoms with E-state index >= 15 is 0 Å². The van der Waals surface area contributed by atoms with Crippen LogP contribution in [0.15, 0.2) is 65.2 Å². The van der Waals surface area contributed by atoms with Crippen LogP contribution in [-0.4, -0.2) is 28.6 Å². The van der Waals surface area contributed by atoms with Crippen molar-refractivity contribution in [3.8, 4) is 0 Å². The third-order valence-corrected chi connectivity index (χ3v) is 5.71. The normalized spacial score (nSPS) is 14.9. The van der Waals surface area contributed by atoms with Crippen molar-refractivity contribution in [2.45, 2.75) is 38.8 Å². The third kappa shape index (κ3) is 3.83. The molecule has 2 N–H and O–H groups in total. The third-order valence-electron chi connectivity index (χ3n) is 5.71. The number of fused-ring (bicyclic) bond motifs is 1. The molecular weight excluding hydrogens is 362 g/mol. The highest BCUT2D eigenvalue weighted by Crippen LogP contribution is 2.36. The lowest BCUT2D eigenvalue weighted by Crippen LogP contribution is -2.48. The predicted molar refractivity (Wildman–Crippen MR) is 112 cm³/mol. The second kappa shape index (κ2) is 8.21. The Bertz CT molecular complexity index is 927. The largest absolute Gasteiger partial charge is 0.361 e. The first kappa shape index (κ1) is 19.4. The van der Waals surface area contributed by atoms with Crippen LogP contribution in [0.4, 0.5) is 0 Å². The molecule has 0 bridgehead atoms. The molecule has 1 aliphatic heterocycles. The zero-order valence-corrected chi connectivity index (χ0v) is 16.9. The maximum Gasteiger partial charge on any atom is 0.240 e. The summed E-state index contributed by atoms with van der Waals surface area (Å²) in [5.74, 6) is 0.929. The fourth-order valence-electron chi connectivity index (χ4n) is 3.94. The highest BCUT2D eigenvalue weighted by atomic mass is 16.5. The van der Waals surface area contributed by atoms with Gasteiger partial charge in [0.2, 0.25) is 5.91 Å². The molecule has 3 aromatic rings. The first-order chi connectivity index (χ1) is 14.1. The number of rotatable bonds is 5. The zero-order chi connectivity index (χ0) is 20.4. The minimum atomic E-state index is -0.487. The lowest BCUT2D eigenvalue weighted by atomic mass is 9.85. The molecule has 0 radical (unpaired) electrons. The molecule has 1 aliphatic rings. The van der Waals surface area contributed by atoms with E-state index in [1.54, 1.807) is 0 Å². The van der Waals surface area contributed by atoms with E-state index in [0.29, 0.717) is 19.5 Å². The van der Waals surface area contributed by atoms with E-state index in [9.17, 15) is 4.79 Å². The predicted octanol–water partition coefficient (Wildman–Crippen LogP) is 3.72. The summed E-state index contributed by atoms with van der Waals surface area (Å²) in [5, 5.41) is 4.48. The Kier molecular flexibility index (Phi) is 5.49. The summed E-state index contributed by atoms with van der Waals surface area (Å²) < 4.78 is 5.73. The first-order valence-electron chi connectivity index (χ1n) is 10.2. The van der Waals surface area contributed by atoms with E-state index in [-0.39, 0.29) is 17.7 Å². The van der Waals surface area contributed by atoms with Crippen LogP contribution in [0.3, 0.4) is 0 Å². The number of hydrogen-bond acceptors (Lipinski definition) is 4. The Morgan fingerprint density at radius 1 is 1.03 bits per heavy atom. The Labute approximate surface area is 171 Å². The molecule has 29 heavy (non-hydrogen) atoms. The smallest absolute Gasteiger partial charge is 0.240 e. The summed E-state index contributed by atoms with van der Waals surface area (Å²) >= 11 is 0. The summed E-state index contributed by atoms with van der Waals surface area (Å²) in [5.41, 5.74) is 10.3. The fourth-order valence-corrected chi connectivity index (χ4v) is 3.94. The van der Waals surface area contributed by atoms with E-state index in [2.05, 4.69) is 29.4 Å². The lowest BCUT2D eigenvalue weighted by molar-refractivity contribution is -0.134. The van der Waals surface area contributed by atoms with Gasteiger partial charge in [-0.25, -0.2) is 0 Å². The minimum absolute atomic E-state index is 0.00577. The zero-order valence-electron chi connectivity index (χ0n) is 16.9. The summed E-state index contributed by atoms with van der Waals surface area (Å²) in [4.78, 5) is 14.7. The summed E-state index contributed by atoms with van der Waals surface area (Å²) in [6.45, 7) is 5.05. The maximum atomic E-state index is 12.8. The highest BCUT2D eigenvalue weighted by Gasteiger charge is 2.33. The number of benzene rings is 2. The standard InChI is InChI=1S/C24H27N3O2/c1-16(2)22(25)24(28)27-14-13-20-19(15-27)23(26-29-20)21(17-9-5-3-6-10-17)18-11-7-4-8-12-18/h3-12,16,21-22H,13-15,25H2,1-2H3/t22-/m1/s1. The molecule has 1 amide bonds. The lowest BCUT2D eigenvalue weighted by Gasteiger charge is -2.30. The number of carbonyl (C=O) groups excluding carboxylic acids is 1. The average molecular weight is 389 g/mol. The van der Waals surface area contributed by atoms with Crippen molar-refractivity contribution in [3.05, 3.63) is 88.8 Å². The molecule has 5 heteroatoms. The molecule has 0 fully saturated rings. The van der Waals surface area contributed by atoms with Gasteiger partial charge >= 0.3 is 0 Å². The summed E-state index contributed by atoms with van der Waals surface area (Å²) in [6.07, 6.45) is 0.662. The van der Waals surface area contributed by atoms with Crippen LogP contribution >= 0.6 is 0 Å². The summed E-state index contributed by atoms with van der Waals surface area (Å²) in [7, 11) is 0. The quantitative estimate of drug-likeness (QED) is 0.722. The van der Waals surface area contributed by atoms with E-state index in [1.807, 2.05) is 55.1 Å². The number of nitrogens with two attached hydrogens (primary N) is 1. The molecule has 2 aromatic carbocycles. The SMILES string of the molecule is CC(C)[C@@H](N)C(=O)N1CCc2onc(C(c3ccccc3)c3ccccc3)c2C1. The molecule has 1 aromatic heterocycles. The second-order valence-electron chi connectivity index (χ2n) is 8.00. The molecule has 150 valence electrons. The van der Waals surface area contributed by atoms with Gasteiger partial charge in [-0.1, -0.05) is 79.7 Å². The van der Waals surface area contributed by atoms with Gasteiger partial charge in [-0.2, -0.15) is 0 Å². The van der Waals surface area contributed by atoms with E-state index < -0.39 is 6.04 Å². The van der Waals surface area contributed by atoms with E-state index in [4.69, 9.17) is 10.3 Å². The molecule has 2 heterocycles. The molecule has 1 atom stereocenters. The number of carbonyl (C=O) groups is 1. The topological polar surface area (TPSA) is 72.4 Å². The summed E-state index contributed by atoms with van der Waals surface area (Å²) in [6, 6.07) is 20.1. The number of nitrogens with zero attached hydrogens (tertiary/aromatic N) is 2. The Hall–Kier alpha value is -2.92.